The summed E-state index contributed by atoms with van der Waals surface area (Å²) in [5.74, 6) is 0. The summed E-state index contributed by atoms with van der Waals surface area (Å²) in [7, 11) is 0. The molecule has 0 bridgehead atoms. The van der Waals surface area contributed by atoms with Crippen LogP contribution in [0.2, 0.25) is 0 Å². The monoisotopic (exact) mass is 914 g/mol. The van der Waals surface area contributed by atoms with Crippen LogP contribution >= 0.6 is 0 Å². The Kier molecular flexibility index (Phi) is 9.89. The molecule has 13 aromatic carbocycles. The van der Waals surface area contributed by atoms with E-state index in [1.165, 1.54) is 109 Å². The fourth-order valence-electron chi connectivity index (χ4n) is 11.5. The Labute approximate surface area is 418 Å². The molecule has 0 aliphatic heterocycles. The van der Waals surface area contributed by atoms with Crippen molar-refractivity contribution in [3.8, 4) is 50.2 Å². The van der Waals surface area contributed by atoms with Crippen molar-refractivity contribution in [1.82, 2.24) is 4.57 Å². The molecule has 2 nitrogen and oxygen atoms in total. The first kappa shape index (κ1) is 41.5. The van der Waals surface area contributed by atoms with Gasteiger partial charge < -0.3 is 9.47 Å². The second kappa shape index (κ2) is 17.2. The van der Waals surface area contributed by atoms with Crippen LogP contribution in [0.15, 0.2) is 279 Å². The SMILES string of the molecule is c1ccc(-n2c3ccccc3c3cc(N(c4ccc(-c5cccc6ccccc56)cc4)c4ccc(-c5c6ccccc6c(-c6ccc(-c7cccc8ccccc78)cc6)c6ccccc56)cc4)ccc32)cc1. The van der Waals surface area contributed by atoms with Crippen molar-refractivity contribution in [1.29, 1.82) is 0 Å². The van der Waals surface area contributed by atoms with Gasteiger partial charge in [0.2, 0.25) is 0 Å². The molecule has 14 rings (SSSR count). The molecule has 1 aromatic heterocycles. The number of fused-ring (bicyclic) bond motifs is 7. The molecule has 0 saturated carbocycles. The van der Waals surface area contributed by atoms with E-state index in [4.69, 9.17) is 0 Å². The van der Waals surface area contributed by atoms with E-state index in [0.717, 1.165) is 22.7 Å². The zero-order valence-electron chi connectivity index (χ0n) is 39.5. The molecule has 14 aromatic rings. The lowest BCUT2D eigenvalue weighted by atomic mass is 9.85. The molecule has 0 aliphatic rings. The average Bonchev–Trinajstić information content (AvgIpc) is 3.79. The molecule has 0 N–H and O–H groups in total. The van der Waals surface area contributed by atoms with Crippen molar-refractivity contribution in [2.24, 2.45) is 0 Å². The third-order valence-electron chi connectivity index (χ3n) is 14.8. The molecule has 0 amide bonds. The first-order valence-electron chi connectivity index (χ1n) is 24.8. The Balaban J connectivity index is 0.903. The van der Waals surface area contributed by atoms with Gasteiger partial charge in [-0.25, -0.2) is 0 Å². The number of anilines is 3. The van der Waals surface area contributed by atoms with Crippen molar-refractivity contribution in [3.63, 3.8) is 0 Å². The van der Waals surface area contributed by atoms with Gasteiger partial charge in [0.1, 0.15) is 0 Å². The minimum absolute atomic E-state index is 1.08. The predicted molar refractivity (Wildman–Crippen MR) is 307 cm³/mol. The number of nitrogens with zero attached hydrogens (tertiary/aromatic N) is 2. The summed E-state index contributed by atoms with van der Waals surface area (Å²) < 4.78 is 2.38. The van der Waals surface area contributed by atoms with Gasteiger partial charge in [0.15, 0.2) is 0 Å². The summed E-state index contributed by atoms with van der Waals surface area (Å²) >= 11 is 0. The number of para-hydroxylation sites is 2. The lowest BCUT2D eigenvalue weighted by Gasteiger charge is -2.26. The molecule has 72 heavy (non-hydrogen) atoms. The van der Waals surface area contributed by atoms with Gasteiger partial charge in [0.25, 0.3) is 0 Å². The fraction of sp³-hybridized carbons (Fsp3) is 0. The minimum atomic E-state index is 1.08. The zero-order valence-corrected chi connectivity index (χ0v) is 39.5. The molecule has 0 atom stereocenters. The minimum Gasteiger partial charge on any atom is -0.310 e. The molecule has 2 heteroatoms. The lowest BCUT2D eigenvalue weighted by molar-refractivity contribution is 1.18. The van der Waals surface area contributed by atoms with Crippen molar-refractivity contribution < 1.29 is 0 Å². The van der Waals surface area contributed by atoms with Gasteiger partial charge in [0.05, 0.1) is 11.0 Å². The highest BCUT2D eigenvalue weighted by atomic mass is 15.1. The third-order valence-corrected chi connectivity index (χ3v) is 14.8. The van der Waals surface area contributed by atoms with E-state index in [1.807, 2.05) is 0 Å². The smallest absolute Gasteiger partial charge is 0.0542 e. The standard InChI is InChI=1S/C70H46N2/c1-2-20-53(21-3-1)72-67-31-13-12-24-61(67)66-46-56(44-45-68(66)72)71(54-40-36-50(37-41-54)60-30-15-19-48-17-5-7-23-58(48)60)55-42-38-52(39-43-55)70-64-27-10-8-25-62(64)69(63-26-9-11-28-65(63)70)51-34-32-49(33-35-51)59-29-14-18-47-16-4-6-22-57(47)59/h1-46H. The number of aromatic nitrogens is 1. The van der Waals surface area contributed by atoms with Gasteiger partial charge in [0, 0.05) is 33.5 Å². The Bertz CT molecular complexity index is 4290. The van der Waals surface area contributed by atoms with Crippen molar-refractivity contribution >= 4 is 82.0 Å². The van der Waals surface area contributed by atoms with E-state index in [0.29, 0.717) is 0 Å². The summed E-state index contributed by atoms with van der Waals surface area (Å²) in [6.07, 6.45) is 0. The van der Waals surface area contributed by atoms with Gasteiger partial charge in [-0.05, 0) is 148 Å². The molecule has 0 saturated heterocycles. The van der Waals surface area contributed by atoms with Crippen LogP contribution in [0.5, 0.6) is 0 Å². The highest BCUT2D eigenvalue weighted by Crippen LogP contribution is 2.46. The van der Waals surface area contributed by atoms with Crippen LogP contribution in [0.1, 0.15) is 0 Å². The molecule has 0 aliphatic carbocycles. The number of benzene rings is 13. The first-order valence-corrected chi connectivity index (χ1v) is 24.8. The fourth-order valence-corrected chi connectivity index (χ4v) is 11.5. The van der Waals surface area contributed by atoms with Crippen LogP contribution < -0.4 is 4.90 Å². The number of hydrogen-bond acceptors (Lipinski definition) is 1. The predicted octanol–water partition coefficient (Wildman–Crippen LogP) is 19.5. The van der Waals surface area contributed by atoms with Gasteiger partial charge in [-0.3, -0.25) is 0 Å². The maximum atomic E-state index is 2.41. The van der Waals surface area contributed by atoms with Crippen LogP contribution in [0.25, 0.3) is 115 Å². The van der Waals surface area contributed by atoms with Gasteiger partial charge in [-0.2, -0.15) is 0 Å². The maximum Gasteiger partial charge on any atom is 0.0542 e. The Morgan fingerprint density at radius 3 is 1.14 bits per heavy atom. The molecule has 0 radical (unpaired) electrons. The van der Waals surface area contributed by atoms with Crippen molar-refractivity contribution in [2.75, 3.05) is 4.90 Å². The summed E-state index contributed by atoms with van der Waals surface area (Å²) in [6, 6.07) is 102. The quantitative estimate of drug-likeness (QED) is 0.138. The lowest BCUT2D eigenvalue weighted by Crippen LogP contribution is -2.10. The van der Waals surface area contributed by atoms with Crippen LogP contribution in [0.4, 0.5) is 17.1 Å². The summed E-state index contributed by atoms with van der Waals surface area (Å²) in [6.45, 7) is 0. The molecule has 0 unspecified atom stereocenters. The molecule has 1 heterocycles. The van der Waals surface area contributed by atoms with E-state index in [1.54, 1.807) is 0 Å². The molecule has 0 spiro atoms. The van der Waals surface area contributed by atoms with E-state index >= 15 is 0 Å². The van der Waals surface area contributed by atoms with Crippen LogP contribution in [0.3, 0.4) is 0 Å². The largest absolute Gasteiger partial charge is 0.310 e. The second-order valence-corrected chi connectivity index (χ2v) is 18.8. The highest BCUT2D eigenvalue weighted by molar-refractivity contribution is 6.21. The topological polar surface area (TPSA) is 8.17 Å². The summed E-state index contributed by atoms with van der Waals surface area (Å²) in [5.41, 5.74) is 16.6. The summed E-state index contributed by atoms with van der Waals surface area (Å²) in [5, 5.41) is 12.4. The van der Waals surface area contributed by atoms with Crippen LogP contribution in [-0.4, -0.2) is 4.57 Å². The van der Waals surface area contributed by atoms with Gasteiger partial charge >= 0.3 is 0 Å². The molecular weight excluding hydrogens is 869 g/mol. The van der Waals surface area contributed by atoms with Crippen molar-refractivity contribution in [3.05, 3.63) is 279 Å². The number of hydrogen-bond donors (Lipinski definition) is 0. The second-order valence-electron chi connectivity index (χ2n) is 18.8. The van der Waals surface area contributed by atoms with E-state index in [2.05, 4.69) is 289 Å². The normalized spacial score (nSPS) is 11.6. The molecular formula is C70H46N2. The van der Waals surface area contributed by atoms with E-state index in [9.17, 15) is 0 Å². The third kappa shape index (κ3) is 6.88. The first-order chi connectivity index (χ1) is 35.7. The average molecular weight is 915 g/mol. The number of rotatable bonds is 8. The Morgan fingerprint density at radius 1 is 0.236 bits per heavy atom. The van der Waals surface area contributed by atoms with E-state index < -0.39 is 0 Å². The van der Waals surface area contributed by atoms with Crippen molar-refractivity contribution in [2.45, 2.75) is 0 Å². The molecule has 336 valence electrons. The summed E-state index contributed by atoms with van der Waals surface area (Å²) in [4.78, 5) is 2.41. The Hall–Kier alpha value is -9.50. The maximum absolute atomic E-state index is 2.41. The van der Waals surface area contributed by atoms with E-state index in [-0.39, 0.29) is 0 Å². The van der Waals surface area contributed by atoms with Crippen LogP contribution in [-0.2, 0) is 0 Å². The van der Waals surface area contributed by atoms with Gasteiger partial charge in [-0.1, -0.05) is 218 Å². The molecule has 0 fully saturated rings. The Morgan fingerprint density at radius 2 is 0.611 bits per heavy atom. The highest BCUT2D eigenvalue weighted by Gasteiger charge is 2.21. The van der Waals surface area contributed by atoms with Crippen LogP contribution in [0, 0.1) is 0 Å². The zero-order chi connectivity index (χ0) is 47.5. The van der Waals surface area contributed by atoms with Gasteiger partial charge in [-0.15, -0.1) is 0 Å².